The number of aromatic nitrogens is 2. The lowest BCUT2D eigenvalue weighted by Crippen LogP contribution is -2.24. The normalized spacial score (nSPS) is 10.6. The molecule has 0 aliphatic carbocycles. The fourth-order valence-electron chi connectivity index (χ4n) is 1.50. The summed E-state index contributed by atoms with van der Waals surface area (Å²) in [6, 6.07) is 0. The SMILES string of the molecule is CCNc1ncc(Br)c(N(C)CC(C)C)n1. The molecule has 16 heavy (non-hydrogen) atoms. The van der Waals surface area contributed by atoms with Gasteiger partial charge in [-0.1, -0.05) is 13.8 Å². The number of nitrogens with zero attached hydrogens (tertiary/aromatic N) is 3. The summed E-state index contributed by atoms with van der Waals surface area (Å²) in [5.74, 6) is 2.21. The lowest BCUT2D eigenvalue weighted by molar-refractivity contribution is 0.633. The van der Waals surface area contributed by atoms with Crippen LogP contribution >= 0.6 is 15.9 Å². The monoisotopic (exact) mass is 286 g/mol. The van der Waals surface area contributed by atoms with Gasteiger partial charge in [-0.2, -0.15) is 4.98 Å². The minimum Gasteiger partial charge on any atom is -0.358 e. The van der Waals surface area contributed by atoms with Crippen LogP contribution in [0.3, 0.4) is 0 Å². The van der Waals surface area contributed by atoms with Gasteiger partial charge >= 0.3 is 0 Å². The summed E-state index contributed by atoms with van der Waals surface area (Å²) in [7, 11) is 2.04. The van der Waals surface area contributed by atoms with E-state index in [1.54, 1.807) is 6.20 Å². The van der Waals surface area contributed by atoms with Crippen molar-refractivity contribution in [2.45, 2.75) is 20.8 Å². The van der Waals surface area contributed by atoms with E-state index in [1.807, 2.05) is 14.0 Å². The summed E-state index contributed by atoms with van der Waals surface area (Å²) >= 11 is 3.48. The van der Waals surface area contributed by atoms with Crippen molar-refractivity contribution in [1.82, 2.24) is 9.97 Å². The van der Waals surface area contributed by atoms with E-state index in [1.165, 1.54) is 0 Å². The fraction of sp³-hybridized carbons (Fsp3) is 0.636. The average molecular weight is 287 g/mol. The van der Waals surface area contributed by atoms with Crippen LogP contribution in [0.25, 0.3) is 0 Å². The van der Waals surface area contributed by atoms with Crippen molar-refractivity contribution in [3.8, 4) is 0 Å². The van der Waals surface area contributed by atoms with Crippen LogP contribution in [0.2, 0.25) is 0 Å². The molecule has 1 rings (SSSR count). The topological polar surface area (TPSA) is 41.1 Å². The second kappa shape index (κ2) is 6.03. The molecule has 0 unspecified atom stereocenters. The predicted octanol–water partition coefficient (Wildman–Crippen LogP) is 2.76. The molecule has 0 aliphatic heterocycles. The van der Waals surface area contributed by atoms with Crippen molar-refractivity contribution in [3.05, 3.63) is 10.7 Å². The predicted molar refractivity (Wildman–Crippen MR) is 72.0 cm³/mol. The summed E-state index contributed by atoms with van der Waals surface area (Å²) in [5.41, 5.74) is 0. The van der Waals surface area contributed by atoms with E-state index in [0.717, 1.165) is 23.4 Å². The molecule has 4 nitrogen and oxygen atoms in total. The van der Waals surface area contributed by atoms with Crippen LogP contribution in [-0.2, 0) is 0 Å². The molecule has 0 saturated heterocycles. The average Bonchev–Trinajstić information content (AvgIpc) is 2.20. The maximum Gasteiger partial charge on any atom is 0.224 e. The Labute approximate surface area is 106 Å². The van der Waals surface area contributed by atoms with Gasteiger partial charge in [0, 0.05) is 26.3 Å². The Morgan fingerprint density at radius 1 is 1.50 bits per heavy atom. The van der Waals surface area contributed by atoms with Crippen molar-refractivity contribution in [3.63, 3.8) is 0 Å². The zero-order valence-corrected chi connectivity index (χ0v) is 11.9. The molecule has 0 bridgehead atoms. The van der Waals surface area contributed by atoms with Crippen LogP contribution in [0.4, 0.5) is 11.8 Å². The van der Waals surface area contributed by atoms with E-state index in [0.29, 0.717) is 11.9 Å². The highest BCUT2D eigenvalue weighted by Gasteiger charge is 2.10. The highest BCUT2D eigenvalue weighted by Crippen LogP contribution is 2.23. The first-order valence-corrected chi connectivity index (χ1v) is 6.31. The summed E-state index contributed by atoms with van der Waals surface area (Å²) in [4.78, 5) is 10.8. The third-order valence-electron chi connectivity index (χ3n) is 2.06. The molecule has 1 aromatic rings. The molecule has 0 spiro atoms. The number of anilines is 2. The van der Waals surface area contributed by atoms with E-state index < -0.39 is 0 Å². The number of hydrogen-bond acceptors (Lipinski definition) is 4. The van der Waals surface area contributed by atoms with Gasteiger partial charge < -0.3 is 10.2 Å². The molecular formula is C11H19BrN4. The van der Waals surface area contributed by atoms with E-state index in [2.05, 4.69) is 50.0 Å². The smallest absolute Gasteiger partial charge is 0.224 e. The van der Waals surface area contributed by atoms with Crippen LogP contribution in [0.5, 0.6) is 0 Å². The first-order valence-electron chi connectivity index (χ1n) is 5.52. The summed E-state index contributed by atoms with van der Waals surface area (Å²) in [6.45, 7) is 8.21. The van der Waals surface area contributed by atoms with Gasteiger partial charge in [-0.05, 0) is 28.8 Å². The lowest BCUT2D eigenvalue weighted by Gasteiger charge is -2.21. The number of rotatable bonds is 5. The van der Waals surface area contributed by atoms with Crippen molar-refractivity contribution in [2.75, 3.05) is 30.4 Å². The molecule has 90 valence electrons. The summed E-state index contributed by atoms with van der Waals surface area (Å²) < 4.78 is 0.928. The molecule has 0 saturated carbocycles. The lowest BCUT2D eigenvalue weighted by atomic mass is 10.2. The van der Waals surface area contributed by atoms with Gasteiger partial charge in [0.05, 0.1) is 4.47 Å². The van der Waals surface area contributed by atoms with Crippen molar-refractivity contribution >= 4 is 27.7 Å². The minimum atomic E-state index is 0.606. The Bertz CT molecular complexity index is 341. The molecule has 0 atom stereocenters. The molecule has 5 heteroatoms. The molecule has 0 amide bonds. The van der Waals surface area contributed by atoms with Crippen LogP contribution in [0.15, 0.2) is 10.7 Å². The zero-order valence-electron chi connectivity index (χ0n) is 10.3. The van der Waals surface area contributed by atoms with Crippen molar-refractivity contribution in [2.24, 2.45) is 5.92 Å². The maximum absolute atomic E-state index is 4.47. The van der Waals surface area contributed by atoms with Crippen LogP contribution in [0.1, 0.15) is 20.8 Å². The fourth-order valence-corrected chi connectivity index (χ4v) is 2.00. The van der Waals surface area contributed by atoms with Gasteiger partial charge in [-0.25, -0.2) is 4.98 Å². The number of halogens is 1. The quantitative estimate of drug-likeness (QED) is 0.904. The Balaban J connectivity index is 2.88. The first kappa shape index (κ1) is 13.2. The zero-order chi connectivity index (χ0) is 12.1. The van der Waals surface area contributed by atoms with Gasteiger partial charge in [0.1, 0.15) is 5.82 Å². The van der Waals surface area contributed by atoms with Gasteiger partial charge in [-0.3, -0.25) is 0 Å². The van der Waals surface area contributed by atoms with E-state index in [4.69, 9.17) is 0 Å². The highest BCUT2D eigenvalue weighted by molar-refractivity contribution is 9.10. The second-order valence-electron chi connectivity index (χ2n) is 4.17. The molecule has 0 fully saturated rings. The second-order valence-corrected chi connectivity index (χ2v) is 5.02. The number of hydrogen-bond donors (Lipinski definition) is 1. The summed E-state index contributed by atoms with van der Waals surface area (Å²) in [5, 5.41) is 3.11. The molecule has 1 N–H and O–H groups in total. The first-order chi connectivity index (χ1) is 7.54. The summed E-state index contributed by atoms with van der Waals surface area (Å²) in [6.07, 6.45) is 1.79. The van der Waals surface area contributed by atoms with Gasteiger partial charge in [0.25, 0.3) is 0 Å². The van der Waals surface area contributed by atoms with Crippen molar-refractivity contribution in [1.29, 1.82) is 0 Å². The largest absolute Gasteiger partial charge is 0.358 e. The highest BCUT2D eigenvalue weighted by atomic mass is 79.9. The van der Waals surface area contributed by atoms with Crippen LogP contribution in [0, 0.1) is 5.92 Å². The molecule has 0 radical (unpaired) electrons. The molecule has 0 aromatic carbocycles. The Morgan fingerprint density at radius 3 is 2.75 bits per heavy atom. The Hall–Kier alpha value is -0.840. The van der Waals surface area contributed by atoms with Gasteiger partial charge in [-0.15, -0.1) is 0 Å². The molecule has 1 aromatic heterocycles. The molecular weight excluding hydrogens is 268 g/mol. The Morgan fingerprint density at radius 2 is 2.19 bits per heavy atom. The number of nitrogens with one attached hydrogen (secondary N) is 1. The van der Waals surface area contributed by atoms with E-state index in [-0.39, 0.29) is 0 Å². The van der Waals surface area contributed by atoms with Gasteiger partial charge in [0.2, 0.25) is 5.95 Å². The third kappa shape index (κ3) is 3.63. The van der Waals surface area contributed by atoms with Crippen LogP contribution in [-0.4, -0.2) is 30.1 Å². The molecule has 0 aliphatic rings. The standard InChI is InChI=1S/C11H19BrN4/c1-5-13-11-14-6-9(12)10(15-11)16(4)7-8(2)3/h6,8H,5,7H2,1-4H3,(H,13,14,15). The maximum atomic E-state index is 4.47. The minimum absolute atomic E-state index is 0.606. The Kier molecular flexibility index (Phi) is 4.99. The molecule has 1 heterocycles. The van der Waals surface area contributed by atoms with E-state index in [9.17, 15) is 0 Å². The van der Waals surface area contributed by atoms with Gasteiger partial charge in [0.15, 0.2) is 0 Å². The van der Waals surface area contributed by atoms with Crippen LogP contribution < -0.4 is 10.2 Å². The van der Waals surface area contributed by atoms with Crippen molar-refractivity contribution < 1.29 is 0 Å². The third-order valence-corrected chi connectivity index (χ3v) is 2.62. The van der Waals surface area contributed by atoms with E-state index >= 15 is 0 Å².